The summed E-state index contributed by atoms with van der Waals surface area (Å²) in [5.74, 6) is 4.62. The van der Waals surface area contributed by atoms with Crippen molar-refractivity contribution in [3.63, 3.8) is 0 Å². The van der Waals surface area contributed by atoms with Gasteiger partial charge in [-0.2, -0.15) is 25.5 Å². The maximum absolute atomic E-state index is 4.58. The molecule has 0 unspecified atom stereocenters. The third-order valence-electron chi connectivity index (χ3n) is 22.8. The van der Waals surface area contributed by atoms with Crippen molar-refractivity contribution in [2.45, 2.75) is 88.0 Å². The molecule has 0 fully saturated rings. The Kier molecular flexibility index (Phi) is 33.2. The maximum atomic E-state index is 4.58. The first-order valence-electron chi connectivity index (χ1n) is 42.5. The normalized spacial score (nSPS) is 10.9. The standard InChI is InChI=1S/C27H17N4S.C23H17N4S.C21H21N4S.C18H15N4S.C17H13N4S.5Ir/c1-3-9-19(10-4-1)21-13-7-14-22(20-11-5-2-6-12-20)26(21)31-17-29-30-27(31)23-15-8-16-24-25(23)28-18-32-24;1-15-11-18(17-7-4-3-5-8-17)12-16(2)22(15)27-13-25-26-23(27)19-9-6-10-20-21(19)24-14-28-20;1-13(2)15-7-5-8-16(14(3)4)20(15)25-11-23-24-21(25)17-9-6-10-18-19(17)22-12-26-18;1-11-7-12(2)17(13(3)8-11)22-9-20-21-18(22)14-5-4-6-15-16(14)19-10-23-15;1-11-5-3-6-12(2)16(11)21-9-19-20-17(21)13-7-4-8-14-15(13)18-10-22-14;;;;;/h1-14,16-18H;3-8,10-14H,1-2H3;5-8,10-14H,1-4H3;4,6-10H,1-3H3;3-6,8-10H,1-2H3;;;;;/q5*-1;;;;;. The molecule has 23 rings (SSSR count). The minimum Gasteiger partial charge on any atom is -0.322 e. The van der Waals surface area contributed by atoms with E-state index in [0.29, 0.717) is 11.8 Å². The van der Waals surface area contributed by atoms with Crippen molar-refractivity contribution in [3.8, 4) is 119 Å². The fourth-order valence-electron chi connectivity index (χ4n) is 17.0. The van der Waals surface area contributed by atoms with Crippen LogP contribution in [0.3, 0.4) is 0 Å². The van der Waals surface area contributed by atoms with Crippen molar-refractivity contribution in [3.05, 3.63) is 370 Å². The number of nitrogens with zero attached hydrogens (tertiary/aromatic N) is 20. The number of rotatable bonds is 15. The van der Waals surface area contributed by atoms with E-state index in [4.69, 9.17) is 0 Å². The number of hydrogen-bond donors (Lipinski definition) is 0. The molecule has 30 heteroatoms. The molecular weight excluding hydrogens is 2670 g/mol. The number of aryl methyl sites for hydroxylation is 7. The Labute approximate surface area is 874 Å². The summed E-state index contributed by atoms with van der Waals surface area (Å²) in [6.07, 6.45) is 8.87. The van der Waals surface area contributed by atoms with Crippen molar-refractivity contribution in [2.24, 2.45) is 0 Å². The quantitative estimate of drug-likeness (QED) is 0.0872. The molecule has 0 saturated carbocycles. The van der Waals surface area contributed by atoms with Crippen molar-refractivity contribution in [1.29, 1.82) is 0 Å². The van der Waals surface area contributed by atoms with E-state index < -0.39 is 0 Å². The molecule has 0 aliphatic heterocycles. The maximum Gasteiger partial charge on any atom is 0.115 e. The zero-order chi connectivity index (χ0) is 89.8. The van der Waals surface area contributed by atoms with Gasteiger partial charge < -0.3 is 22.8 Å². The summed E-state index contributed by atoms with van der Waals surface area (Å²) in [5, 5.41) is 43.0. The fourth-order valence-corrected chi connectivity index (χ4v) is 20.4. The number of hydrogen-bond acceptors (Lipinski definition) is 20. The molecule has 0 bridgehead atoms. The molecule has 0 amide bonds. The second-order valence-corrected chi connectivity index (χ2v) is 36.5. The van der Waals surface area contributed by atoms with E-state index in [0.717, 1.165) is 153 Å². The number of para-hydroxylation sites is 3. The molecule has 0 saturated heterocycles. The summed E-state index contributed by atoms with van der Waals surface area (Å²) >= 11 is 8.10. The van der Waals surface area contributed by atoms with Crippen LogP contribution in [-0.4, -0.2) is 98.7 Å². The molecule has 13 aromatic carbocycles. The Bertz CT molecular complexity index is 7880. The third kappa shape index (κ3) is 20.5. The smallest absolute Gasteiger partial charge is 0.115 e. The summed E-state index contributed by atoms with van der Waals surface area (Å²) in [6.45, 7) is 23.7. The van der Waals surface area contributed by atoms with E-state index in [-0.39, 0.29) is 101 Å². The predicted molar refractivity (Wildman–Crippen MR) is 532 cm³/mol. The number of thiazole rings is 5. The van der Waals surface area contributed by atoms with E-state index in [1.165, 1.54) is 66.9 Å². The van der Waals surface area contributed by atoms with Gasteiger partial charge in [-0.1, -0.05) is 219 Å². The van der Waals surface area contributed by atoms with Gasteiger partial charge in [-0.15, -0.1) is 173 Å². The van der Waals surface area contributed by atoms with Crippen LogP contribution in [0.1, 0.15) is 89.6 Å². The Morgan fingerprint density at radius 2 is 0.507 bits per heavy atom. The van der Waals surface area contributed by atoms with Gasteiger partial charge >= 0.3 is 0 Å². The molecule has 687 valence electrons. The van der Waals surface area contributed by atoms with E-state index in [1.807, 2.05) is 126 Å². The molecule has 23 aromatic rings. The van der Waals surface area contributed by atoms with Crippen LogP contribution in [0.15, 0.2) is 290 Å². The molecule has 136 heavy (non-hydrogen) atoms. The summed E-state index contributed by atoms with van der Waals surface area (Å²) in [5.41, 5.74) is 41.7. The number of fused-ring (bicyclic) bond motifs is 5. The molecule has 0 aliphatic rings. The molecule has 10 aromatic heterocycles. The second kappa shape index (κ2) is 45.0. The van der Waals surface area contributed by atoms with Crippen molar-refractivity contribution >= 4 is 108 Å². The van der Waals surface area contributed by atoms with E-state index in [1.54, 1.807) is 82.0 Å². The van der Waals surface area contributed by atoms with Crippen LogP contribution in [0.25, 0.3) is 170 Å². The molecular formula is C106H83Ir5N20S5-5. The molecule has 10 heterocycles. The van der Waals surface area contributed by atoms with Crippen LogP contribution >= 0.6 is 56.7 Å². The largest absolute Gasteiger partial charge is 0.322 e. The minimum absolute atomic E-state index is 0. The first kappa shape index (κ1) is 100. The van der Waals surface area contributed by atoms with Gasteiger partial charge in [-0.25, -0.2) is 0 Å². The van der Waals surface area contributed by atoms with Crippen LogP contribution in [-0.2, 0) is 101 Å². The molecule has 0 atom stereocenters. The van der Waals surface area contributed by atoms with Crippen LogP contribution in [0, 0.1) is 78.8 Å². The fraction of sp³-hybridized carbons (Fsp3) is 0.123. The zero-order valence-electron chi connectivity index (χ0n) is 75.0. The molecule has 0 N–H and O–H groups in total. The van der Waals surface area contributed by atoms with Crippen molar-refractivity contribution in [1.82, 2.24) is 98.7 Å². The van der Waals surface area contributed by atoms with Crippen LogP contribution in [0.5, 0.6) is 0 Å². The minimum atomic E-state index is 0. The summed E-state index contributed by atoms with van der Waals surface area (Å²) in [4.78, 5) is 22.6. The summed E-state index contributed by atoms with van der Waals surface area (Å²) < 4.78 is 15.9. The van der Waals surface area contributed by atoms with Gasteiger partial charge in [0.05, 0.1) is 62.4 Å². The van der Waals surface area contributed by atoms with E-state index in [2.05, 4.69) is 343 Å². The number of aromatic nitrogens is 20. The molecule has 5 radical (unpaired) electrons. The average molecular weight is 2760 g/mol. The van der Waals surface area contributed by atoms with Gasteiger partial charge in [0, 0.05) is 162 Å². The topological polar surface area (TPSA) is 218 Å². The first-order valence-corrected chi connectivity index (χ1v) is 46.9. The van der Waals surface area contributed by atoms with Gasteiger partial charge in [0.1, 0.15) is 31.6 Å². The first-order chi connectivity index (χ1) is 64.1. The predicted octanol–water partition coefficient (Wildman–Crippen LogP) is 26.1. The van der Waals surface area contributed by atoms with Gasteiger partial charge in [0.2, 0.25) is 0 Å². The van der Waals surface area contributed by atoms with Gasteiger partial charge in [-0.05, 0) is 163 Å². The Hall–Kier alpha value is -11.7. The molecule has 0 aliphatic carbocycles. The Morgan fingerprint density at radius 3 is 0.809 bits per heavy atom. The average Bonchev–Trinajstić information content (AvgIpc) is 1.61. The van der Waals surface area contributed by atoms with Crippen LogP contribution < -0.4 is 0 Å². The Morgan fingerprint density at radius 1 is 0.250 bits per heavy atom. The van der Waals surface area contributed by atoms with Gasteiger partial charge in [-0.3, -0.25) is 24.9 Å². The van der Waals surface area contributed by atoms with E-state index in [9.17, 15) is 0 Å². The Balaban J connectivity index is 0.000000136. The van der Waals surface area contributed by atoms with Crippen LogP contribution in [0.4, 0.5) is 0 Å². The summed E-state index contributed by atoms with van der Waals surface area (Å²) in [7, 11) is 0. The van der Waals surface area contributed by atoms with E-state index >= 15 is 0 Å². The van der Waals surface area contributed by atoms with Gasteiger partial charge in [0.15, 0.2) is 0 Å². The molecule has 0 spiro atoms. The summed E-state index contributed by atoms with van der Waals surface area (Å²) in [6, 6.07) is 95.6. The number of benzene rings is 13. The third-order valence-corrected chi connectivity index (χ3v) is 26.7. The SMILES string of the molecule is CC(C)c1cccc(C(C)C)c1-n1cnnc1-c1[c-]ccc2scnc12.Cc1cc(-c2ccccc2)cc(C)c1-n1cnnc1-c1[c-]ccc2scnc12.Cc1cc(C)c(-n2cnnc2-c2[c-]ccc3scnc23)c(C)c1.Cc1cccc(C)c1-n1cnnc1-c1[c-]ccc2scnc12.[Ir].[Ir].[Ir].[Ir].[Ir].[c-]1ccc2scnc2c1-c1nncn1-c1c(-c2ccccc2)cccc1-c1ccccc1. The zero-order valence-corrected chi connectivity index (χ0v) is 91.1. The second-order valence-electron chi connectivity index (χ2n) is 32.1. The van der Waals surface area contributed by atoms with Crippen molar-refractivity contribution < 1.29 is 101 Å². The van der Waals surface area contributed by atoms with Crippen LogP contribution in [0.2, 0.25) is 0 Å². The van der Waals surface area contributed by atoms with Gasteiger partial charge in [0.25, 0.3) is 0 Å². The monoisotopic (exact) mass is 2760 g/mol. The molecule has 20 nitrogen and oxygen atoms in total. The van der Waals surface area contributed by atoms with Crippen molar-refractivity contribution in [2.75, 3.05) is 0 Å².